The van der Waals surface area contributed by atoms with E-state index in [0.29, 0.717) is 35.7 Å². The van der Waals surface area contributed by atoms with E-state index >= 15 is 0 Å². The van der Waals surface area contributed by atoms with Crippen molar-refractivity contribution in [1.29, 1.82) is 0 Å². The number of aryl methyl sites for hydroxylation is 1. The number of ether oxygens (including phenoxy) is 1. The number of benzene rings is 3. The topological polar surface area (TPSA) is 248 Å². The Balaban J connectivity index is 1.65. The first-order valence-electron chi connectivity index (χ1n) is 11.9. The third-order valence-electron chi connectivity index (χ3n) is 6.18. The summed E-state index contributed by atoms with van der Waals surface area (Å²) in [5.74, 6) is 0.646. The number of nitrogens with zero attached hydrogens (tertiary/aromatic N) is 4. The van der Waals surface area contributed by atoms with Gasteiger partial charge in [-0.3, -0.25) is 23.6 Å². The molecule has 0 bridgehead atoms. The van der Waals surface area contributed by atoms with Crippen molar-refractivity contribution >= 4 is 63.8 Å². The Bertz CT molecular complexity index is 2370. The van der Waals surface area contributed by atoms with Gasteiger partial charge in [-0.05, 0) is 60.8 Å². The predicted molar refractivity (Wildman–Crippen MR) is 156 cm³/mol. The molecule has 0 atom stereocenters. The highest BCUT2D eigenvalue weighted by atomic mass is 32.2. The van der Waals surface area contributed by atoms with E-state index in [1.54, 1.807) is 29.6 Å². The van der Waals surface area contributed by atoms with Crippen LogP contribution in [0.4, 0.5) is 11.4 Å². The fraction of sp³-hybridized carbons (Fsp3) is 0.0833. The number of rotatable bonds is 8. The van der Waals surface area contributed by atoms with Gasteiger partial charge in [0.05, 0.1) is 34.0 Å². The van der Waals surface area contributed by atoms with E-state index in [-0.39, 0.29) is 16.5 Å². The molecule has 16 nitrogen and oxygen atoms in total. The maximum Gasteiger partial charge on any atom is 0.301 e. The lowest BCUT2D eigenvalue weighted by Gasteiger charge is -2.10. The normalized spacial score (nSPS) is 12.8. The highest BCUT2D eigenvalue weighted by Gasteiger charge is 2.25. The lowest BCUT2D eigenvalue weighted by Crippen LogP contribution is -2.13. The number of thiazole rings is 1. The van der Waals surface area contributed by atoms with Gasteiger partial charge in [0.2, 0.25) is 5.13 Å². The van der Waals surface area contributed by atoms with Gasteiger partial charge in [-0.25, -0.2) is 4.98 Å². The molecule has 2 aromatic heterocycles. The Kier molecular flexibility index (Phi) is 7.78. The number of aromatic amines is 1. The van der Waals surface area contributed by atoms with Crippen molar-refractivity contribution in [3.05, 3.63) is 70.0 Å². The van der Waals surface area contributed by atoms with Crippen molar-refractivity contribution < 1.29 is 43.6 Å². The van der Waals surface area contributed by atoms with Crippen molar-refractivity contribution in [2.45, 2.75) is 21.6 Å². The van der Waals surface area contributed by atoms with Crippen LogP contribution in [0.2, 0.25) is 0 Å². The monoisotopic (exact) mass is 681 g/mol. The van der Waals surface area contributed by atoms with E-state index in [4.69, 9.17) is 4.74 Å². The summed E-state index contributed by atoms with van der Waals surface area (Å²) < 4.78 is 107. The number of azo groups is 1. The second-order valence-electron chi connectivity index (χ2n) is 9.06. The number of hydrogen-bond acceptors (Lipinski definition) is 12. The molecule has 20 heteroatoms. The lowest BCUT2D eigenvalue weighted by atomic mass is 10.1. The summed E-state index contributed by atoms with van der Waals surface area (Å²) in [5.41, 5.74) is -0.126. The molecule has 3 aromatic carbocycles. The summed E-state index contributed by atoms with van der Waals surface area (Å²) in [7, 11) is -13.7. The highest BCUT2D eigenvalue weighted by molar-refractivity contribution is 7.87. The quantitative estimate of drug-likeness (QED) is 0.134. The SMILES string of the molecule is COc1ccc(-c2csc(-n3[nH]c(C)c(N=Nc4cc(S(=O)(=O)O)cc5cc(S(=O)(=O)O)cc(S(=O)(=O)O)c45)c3=O)n2)cc1. The minimum absolute atomic E-state index is 0.179. The number of hydrogen-bond donors (Lipinski definition) is 4. The van der Waals surface area contributed by atoms with Crippen molar-refractivity contribution in [3.63, 3.8) is 0 Å². The van der Waals surface area contributed by atoms with Gasteiger partial charge in [0, 0.05) is 16.3 Å². The van der Waals surface area contributed by atoms with Crippen molar-refractivity contribution in [3.8, 4) is 22.1 Å². The Morgan fingerprint density at radius 3 is 2.07 bits per heavy atom. The van der Waals surface area contributed by atoms with Crippen molar-refractivity contribution in [2.75, 3.05) is 7.11 Å². The first-order valence-corrected chi connectivity index (χ1v) is 17.1. The Morgan fingerprint density at radius 2 is 1.50 bits per heavy atom. The van der Waals surface area contributed by atoms with Crippen LogP contribution in [0.5, 0.6) is 5.75 Å². The van der Waals surface area contributed by atoms with Crippen molar-refractivity contribution in [2.24, 2.45) is 10.2 Å². The number of fused-ring (bicyclic) bond motifs is 1. The summed E-state index contributed by atoms with van der Waals surface area (Å²) in [4.78, 5) is 14.8. The van der Waals surface area contributed by atoms with Gasteiger partial charge in [0.15, 0.2) is 5.69 Å². The van der Waals surface area contributed by atoms with E-state index in [0.717, 1.165) is 21.6 Å². The van der Waals surface area contributed by atoms with Crippen LogP contribution in [0.25, 0.3) is 27.2 Å². The number of aromatic nitrogens is 3. The Morgan fingerprint density at radius 1 is 0.886 bits per heavy atom. The maximum absolute atomic E-state index is 13.3. The first kappa shape index (κ1) is 31.1. The third kappa shape index (κ3) is 6.04. The lowest BCUT2D eigenvalue weighted by molar-refractivity contribution is 0.415. The molecule has 0 aliphatic rings. The molecule has 44 heavy (non-hydrogen) atoms. The standard InChI is InChI=1S/C24H19N5O11S4/c1-12-22(23(30)29(28-12)24-25-19(11-41-24)13-3-5-15(40-2)6-4-13)27-26-18-9-16(42(31,32)33)7-14-8-17(43(34,35)36)10-20(21(14)18)44(37,38)39/h3-11,28H,1-2H3,(H,31,32,33)(H,34,35,36)(H,37,38,39). The fourth-order valence-corrected chi connectivity index (χ4v) is 6.84. The van der Waals surface area contributed by atoms with Crippen molar-refractivity contribution in [1.82, 2.24) is 14.8 Å². The number of H-pyrrole nitrogens is 1. The maximum atomic E-state index is 13.3. The molecule has 0 fully saturated rings. The molecule has 0 spiro atoms. The zero-order chi connectivity index (χ0) is 32.2. The van der Waals surface area contributed by atoms with Gasteiger partial charge >= 0.3 is 5.56 Å². The van der Waals surface area contributed by atoms with Crippen LogP contribution in [-0.2, 0) is 30.4 Å². The van der Waals surface area contributed by atoms with Crippen LogP contribution < -0.4 is 10.3 Å². The average molecular weight is 682 g/mol. The van der Waals surface area contributed by atoms with Gasteiger partial charge in [0.1, 0.15) is 10.6 Å². The number of nitrogens with one attached hydrogen (secondary N) is 1. The molecule has 0 unspecified atom stereocenters. The van der Waals surface area contributed by atoms with Crippen LogP contribution >= 0.6 is 11.3 Å². The zero-order valence-electron chi connectivity index (χ0n) is 22.2. The van der Waals surface area contributed by atoms with E-state index in [2.05, 4.69) is 20.3 Å². The van der Waals surface area contributed by atoms with Crippen LogP contribution in [0, 0.1) is 6.92 Å². The van der Waals surface area contributed by atoms with Gasteiger partial charge in [-0.2, -0.15) is 29.9 Å². The molecule has 0 saturated carbocycles. The van der Waals surface area contributed by atoms with Crippen LogP contribution in [0.15, 0.2) is 83.6 Å². The third-order valence-corrected chi connectivity index (χ3v) is 9.55. The van der Waals surface area contributed by atoms with Gasteiger partial charge in [-0.1, -0.05) is 0 Å². The van der Waals surface area contributed by atoms with Crippen LogP contribution in [0.3, 0.4) is 0 Å². The highest BCUT2D eigenvalue weighted by Crippen LogP contribution is 2.37. The molecule has 0 saturated heterocycles. The minimum atomic E-state index is -5.21. The Labute approximate surface area is 252 Å². The number of methoxy groups -OCH3 is 1. The molecule has 230 valence electrons. The van der Waals surface area contributed by atoms with E-state index in [9.17, 15) is 43.7 Å². The summed E-state index contributed by atoms with van der Waals surface area (Å²) in [6.45, 7) is 1.47. The molecule has 2 heterocycles. The second kappa shape index (κ2) is 11.0. The van der Waals surface area contributed by atoms with Gasteiger partial charge in [0.25, 0.3) is 30.4 Å². The summed E-state index contributed by atoms with van der Waals surface area (Å²) >= 11 is 1.13. The van der Waals surface area contributed by atoms with E-state index < -0.39 is 67.1 Å². The smallest absolute Gasteiger partial charge is 0.301 e. The largest absolute Gasteiger partial charge is 0.497 e. The van der Waals surface area contributed by atoms with Crippen LogP contribution in [-0.4, -0.2) is 60.8 Å². The minimum Gasteiger partial charge on any atom is -0.497 e. The molecule has 4 N–H and O–H groups in total. The van der Waals surface area contributed by atoms with E-state index in [1.165, 1.54) is 14.0 Å². The molecule has 0 amide bonds. The molecular weight excluding hydrogens is 663 g/mol. The van der Waals surface area contributed by atoms with Gasteiger partial charge in [-0.15, -0.1) is 21.6 Å². The fourth-order valence-electron chi connectivity index (χ4n) is 4.14. The molecule has 5 aromatic rings. The summed E-state index contributed by atoms with van der Waals surface area (Å²) in [6, 6.07) is 9.58. The molecule has 0 aliphatic carbocycles. The summed E-state index contributed by atoms with van der Waals surface area (Å²) in [6.07, 6.45) is 0. The zero-order valence-corrected chi connectivity index (χ0v) is 25.5. The summed E-state index contributed by atoms with van der Waals surface area (Å²) in [5, 5.41) is 11.5. The van der Waals surface area contributed by atoms with E-state index in [1.807, 2.05) is 0 Å². The average Bonchev–Trinajstić information content (AvgIpc) is 3.53. The first-order chi connectivity index (χ1) is 20.5. The van der Waals surface area contributed by atoms with Gasteiger partial charge < -0.3 is 4.74 Å². The predicted octanol–water partition coefficient (Wildman–Crippen LogP) is 3.91. The van der Waals surface area contributed by atoms with Crippen LogP contribution in [0.1, 0.15) is 5.69 Å². The molecule has 5 rings (SSSR count). The Hall–Kier alpha value is -4.31. The molecular formula is C24H19N5O11S4. The molecule has 0 radical (unpaired) electrons. The second-order valence-corrected chi connectivity index (χ2v) is 14.1. The molecule has 0 aliphatic heterocycles.